The zero-order valence-electron chi connectivity index (χ0n) is 16.5. The van der Waals surface area contributed by atoms with Gasteiger partial charge in [-0.1, -0.05) is 0 Å². The molecule has 1 saturated heterocycles. The predicted octanol–water partition coefficient (Wildman–Crippen LogP) is 4.49. The molecule has 20 heteroatoms. The monoisotopic (exact) mass is 562 g/mol. The molecule has 210 valence electrons. The highest BCUT2D eigenvalue weighted by Gasteiger charge is 2.93. The minimum Gasteiger partial charge on any atom is -0.394 e. The molecule has 1 N–H and O–H groups in total. The van der Waals surface area contributed by atoms with Crippen molar-refractivity contribution in [2.75, 3.05) is 33.0 Å². The molecule has 0 aliphatic carbocycles. The first-order valence-corrected chi connectivity index (χ1v) is 8.80. The van der Waals surface area contributed by atoms with E-state index in [0.29, 0.717) is 0 Å². The maximum atomic E-state index is 13.6. The molecule has 2 unspecified atom stereocenters. The molecule has 1 rings (SSSR count). The highest BCUT2D eigenvalue weighted by Crippen LogP contribution is 2.62. The van der Waals surface area contributed by atoms with Crippen LogP contribution in [-0.4, -0.2) is 98.2 Å². The third kappa shape index (κ3) is 5.39. The molecule has 0 aromatic heterocycles. The number of aliphatic hydroxyl groups is 1. The first-order valence-electron chi connectivity index (χ1n) is 8.80. The smallest absolute Gasteiger partial charge is 0.384 e. The van der Waals surface area contributed by atoms with E-state index >= 15 is 0 Å². The quantitative estimate of drug-likeness (QED) is 0.236. The summed E-state index contributed by atoms with van der Waals surface area (Å²) in [6.07, 6.45) is -7.98. The van der Waals surface area contributed by atoms with E-state index in [-0.39, 0.29) is 13.2 Å². The molecule has 0 spiro atoms. The van der Waals surface area contributed by atoms with E-state index in [9.17, 15) is 70.2 Å². The Bertz CT molecular complexity index is 709. The van der Waals surface area contributed by atoms with Crippen molar-refractivity contribution in [2.24, 2.45) is 0 Å². The largest absolute Gasteiger partial charge is 0.394 e. The molecule has 0 saturated carbocycles. The van der Waals surface area contributed by atoms with Crippen LogP contribution < -0.4 is 0 Å². The van der Waals surface area contributed by atoms with E-state index in [1.807, 2.05) is 0 Å². The number of ether oxygens (including phenoxy) is 3. The first-order chi connectivity index (χ1) is 15.5. The zero-order chi connectivity index (χ0) is 27.9. The molecule has 0 aromatic carbocycles. The molecule has 0 radical (unpaired) electrons. The van der Waals surface area contributed by atoms with Gasteiger partial charge in [-0.05, 0) is 0 Å². The van der Waals surface area contributed by atoms with Crippen LogP contribution in [0.5, 0.6) is 0 Å². The molecule has 0 aromatic rings. The summed E-state index contributed by atoms with van der Waals surface area (Å²) >= 11 is 0. The lowest BCUT2D eigenvalue weighted by Gasteiger charge is -2.42. The van der Waals surface area contributed by atoms with Crippen molar-refractivity contribution < 1.29 is 89.6 Å². The summed E-state index contributed by atoms with van der Waals surface area (Å²) in [6, 6.07) is 0. The number of epoxide rings is 1. The summed E-state index contributed by atoms with van der Waals surface area (Å²) in [5.41, 5.74) is 0. The average molecular weight is 562 g/mol. The van der Waals surface area contributed by atoms with Crippen LogP contribution in [0.3, 0.4) is 0 Å². The molecule has 2 atom stereocenters. The second-order valence-electron chi connectivity index (χ2n) is 7.11. The Labute approximate surface area is 184 Å². The van der Waals surface area contributed by atoms with E-state index < -0.39 is 79.9 Å². The van der Waals surface area contributed by atoms with Gasteiger partial charge in [-0.3, -0.25) is 0 Å². The number of alkyl halides is 16. The Kier molecular flexibility index (Phi) is 8.96. The lowest BCUT2D eigenvalue weighted by atomic mass is 9.89. The predicted molar refractivity (Wildman–Crippen MR) is 78.0 cm³/mol. The molecular weight excluding hydrogens is 548 g/mol. The van der Waals surface area contributed by atoms with Crippen LogP contribution in [0.25, 0.3) is 0 Å². The second kappa shape index (κ2) is 9.88. The summed E-state index contributed by atoms with van der Waals surface area (Å²) in [5.74, 6) is -55.0. The Balaban J connectivity index is 3.15. The third-order valence-corrected chi connectivity index (χ3v) is 4.44. The van der Waals surface area contributed by atoms with Gasteiger partial charge < -0.3 is 19.3 Å². The molecule has 1 fully saturated rings. The molecule has 35 heavy (non-hydrogen) atoms. The van der Waals surface area contributed by atoms with Gasteiger partial charge in [-0.15, -0.1) is 0 Å². The topological polar surface area (TPSA) is 51.2 Å². The summed E-state index contributed by atoms with van der Waals surface area (Å²) < 4.78 is 224. The Morgan fingerprint density at radius 1 is 0.743 bits per heavy atom. The first kappa shape index (κ1) is 31.7. The second-order valence-corrected chi connectivity index (χ2v) is 7.11. The van der Waals surface area contributed by atoms with Crippen LogP contribution >= 0.6 is 0 Å². The number of rotatable bonds is 15. The Morgan fingerprint density at radius 2 is 1.17 bits per heavy atom. The number of hydrogen-bond donors (Lipinski definition) is 1. The molecule has 1 aliphatic heterocycles. The van der Waals surface area contributed by atoms with Gasteiger partial charge in [0.25, 0.3) is 0 Å². The van der Waals surface area contributed by atoms with Gasteiger partial charge in [0.1, 0.15) is 18.8 Å². The van der Waals surface area contributed by atoms with Gasteiger partial charge in [-0.2, -0.15) is 61.5 Å². The van der Waals surface area contributed by atoms with Crippen LogP contribution in [0.4, 0.5) is 70.2 Å². The lowest BCUT2D eigenvalue weighted by Crippen LogP contribution is -2.74. The van der Waals surface area contributed by atoms with Gasteiger partial charge in [0, 0.05) is 0 Å². The lowest BCUT2D eigenvalue weighted by molar-refractivity contribution is -0.448. The fraction of sp³-hybridized carbons (Fsp3) is 1.00. The van der Waals surface area contributed by atoms with Crippen LogP contribution in [0, 0.1) is 0 Å². The van der Waals surface area contributed by atoms with Gasteiger partial charge in [0.15, 0.2) is 0 Å². The number of halogens is 16. The van der Waals surface area contributed by atoms with Crippen molar-refractivity contribution in [2.45, 2.75) is 60.1 Å². The molecule has 0 amide bonds. The van der Waals surface area contributed by atoms with Crippen molar-refractivity contribution in [1.82, 2.24) is 0 Å². The van der Waals surface area contributed by atoms with Gasteiger partial charge in [-0.25, -0.2) is 8.78 Å². The van der Waals surface area contributed by atoms with E-state index in [0.717, 1.165) is 0 Å². The highest BCUT2D eigenvalue weighted by molar-refractivity contribution is 5.14. The van der Waals surface area contributed by atoms with Crippen LogP contribution in [0.1, 0.15) is 0 Å². The molecule has 1 aliphatic rings. The number of aliphatic hydroxyl groups excluding tert-OH is 1. The summed E-state index contributed by atoms with van der Waals surface area (Å²) in [5, 5.41) is 8.89. The van der Waals surface area contributed by atoms with E-state index in [2.05, 4.69) is 9.47 Å². The van der Waals surface area contributed by atoms with Gasteiger partial charge in [0.2, 0.25) is 0 Å². The van der Waals surface area contributed by atoms with Crippen molar-refractivity contribution in [1.29, 1.82) is 0 Å². The molecule has 0 bridgehead atoms. The fourth-order valence-electron chi connectivity index (χ4n) is 2.14. The standard InChI is InChI=1S/C15H14F16O4/c16-8(17)10(20,21)12(24,25)14(28,29)15(30,31)13(26,27)11(22,23)9(18,19)5-33-2-6(1-32)34-3-7-4-35-7/h6-8,32H,1-5H2. The van der Waals surface area contributed by atoms with Gasteiger partial charge >= 0.3 is 47.9 Å². The molecule has 4 nitrogen and oxygen atoms in total. The summed E-state index contributed by atoms with van der Waals surface area (Å²) in [4.78, 5) is 0. The van der Waals surface area contributed by atoms with E-state index in [1.54, 1.807) is 0 Å². The van der Waals surface area contributed by atoms with Crippen LogP contribution in [0.2, 0.25) is 0 Å². The zero-order valence-corrected chi connectivity index (χ0v) is 16.5. The Morgan fingerprint density at radius 3 is 1.57 bits per heavy atom. The van der Waals surface area contributed by atoms with E-state index in [4.69, 9.17) is 9.84 Å². The maximum Gasteiger partial charge on any atom is 0.384 e. The van der Waals surface area contributed by atoms with Crippen molar-refractivity contribution in [3.8, 4) is 0 Å². The molecule has 1 heterocycles. The Hall–Kier alpha value is -1.28. The minimum absolute atomic E-state index is 0.180. The minimum atomic E-state index is -8.45. The average Bonchev–Trinajstić information content (AvgIpc) is 3.53. The normalized spacial score (nSPS) is 19.9. The number of hydrogen-bond acceptors (Lipinski definition) is 4. The van der Waals surface area contributed by atoms with Gasteiger partial charge in [0.05, 0.1) is 26.4 Å². The van der Waals surface area contributed by atoms with Crippen LogP contribution in [0.15, 0.2) is 0 Å². The molecular formula is C15H14F16O4. The maximum absolute atomic E-state index is 13.6. The third-order valence-electron chi connectivity index (χ3n) is 4.44. The SMILES string of the molecule is OCC(COCC(F)(F)C(F)(F)C(F)(F)C(F)(F)C(F)(F)C(F)(F)C(F)(F)C(F)F)OCC1CO1. The van der Waals surface area contributed by atoms with Crippen molar-refractivity contribution >= 4 is 0 Å². The van der Waals surface area contributed by atoms with Crippen molar-refractivity contribution in [3.63, 3.8) is 0 Å². The van der Waals surface area contributed by atoms with Crippen molar-refractivity contribution in [3.05, 3.63) is 0 Å². The summed E-state index contributed by atoms with van der Waals surface area (Å²) in [6.45, 7) is -5.45. The highest BCUT2D eigenvalue weighted by atomic mass is 19.4. The summed E-state index contributed by atoms with van der Waals surface area (Å²) in [7, 11) is 0. The fourth-order valence-corrected chi connectivity index (χ4v) is 2.14. The van der Waals surface area contributed by atoms with E-state index in [1.165, 1.54) is 0 Å². The van der Waals surface area contributed by atoms with Crippen LogP contribution in [-0.2, 0) is 14.2 Å².